The largest absolute Gasteiger partial charge is 0.135 e. The van der Waals surface area contributed by atoms with E-state index in [-0.39, 0.29) is 0 Å². The van der Waals surface area contributed by atoms with E-state index in [2.05, 4.69) is 163 Å². The van der Waals surface area contributed by atoms with Gasteiger partial charge in [-0.3, -0.25) is 0 Å². The van der Waals surface area contributed by atoms with Gasteiger partial charge in [0.05, 0.1) is 0 Å². The summed E-state index contributed by atoms with van der Waals surface area (Å²) in [6, 6.07) is 42.5. The van der Waals surface area contributed by atoms with Crippen molar-refractivity contribution in [2.24, 2.45) is 5.92 Å². The molecule has 1 heterocycles. The molecule has 0 atom stereocenters. The van der Waals surface area contributed by atoms with E-state index in [1.807, 2.05) is 11.3 Å². The standard InChI is InChI=1S/C42H38S/c1-27(2)22-39(30(6)29(5)28(3)4)33-18-16-32(17-19-33)36-23-35(31-12-8-7-9-13-31)24-37(25-36)34-20-21-42-40(26-34)38-14-10-11-15-41(38)43-42/h7-27H,3H2,1-2,4-6H3/b30-29-,39-22+. The lowest BCUT2D eigenvalue weighted by Crippen LogP contribution is -1.95. The topological polar surface area (TPSA) is 0 Å². The highest BCUT2D eigenvalue weighted by molar-refractivity contribution is 7.25. The molecule has 0 fully saturated rings. The van der Waals surface area contributed by atoms with Crippen LogP contribution in [0.15, 0.2) is 145 Å². The third-order valence-electron chi connectivity index (χ3n) is 8.39. The number of fused-ring (bicyclic) bond motifs is 3. The molecule has 0 bridgehead atoms. The van der Waals surface area contributed by atoms with Gasteiger partial charge < -0.3 is 0 Å². The van der Waals surface area contributed by atoms with Crippen LogP contribution < -0.4 is 0 Å². The highest BCUT2D eigenvalue weighted by atomic mass is 32.1. The third kappa shape index (κ3) is 5.91. The van der Waals surface area contributed by atoms with Crippen LogP contribution in [0.5, 0.6) is 0 Å². The summed E-state index contributed by atoms with van der Waals surface area (Å²) < 4.78 is 2.67. The highest BCUT2D eigenvalue weighted by Gasteiger charge is 2.13. The predicted molar refractivity (Wildman–Crippen MR) is 192 cm³/mol. The van der Waals surface area contributed by atoms with Crippen LogP contribution in [-0.4, -0.2) is 0 Å². The first-order chi connectivity index (χ1) is 20.8. The molecule has 0 amide bonds. The van der Waals surface area contributed by atoms with Gasteiger partial charge in [-0.15, -0.1) is 11.3 Å². The lowest BCUT2D eigenvalue weighted by Gasteiger charge is -2.16. The molecule has 0 spiro atoms. The van der Waals surface area contributed by atoms with Gasteiger partial charge in [-0.1, -0.05) is 111 Å². The maximum absolute atomic E-state index is 4.20. The molecule has 43 heavy (non-hydrogen) atoms. The van der Waals surface area contributed by atoms with Crippen LogP contribution in [-0.2, 0) is 0 Å². The van der Waals surface area contributed by atoms with Crippen molar-refractivity contribution in [2.45, 2.75) is 34.6 Å². The molecule has 6 aromatic rings. The summed E-state index contributed by atoms with van der Waals surface area (Å²) in [6.07, 6.45) is 2.37. The Balaban J connectivity index is 1.47. The molecule has 6 rings (SSSR count). The lowest BCUT2D eigenvalue weighted by molar-refractivity contribution is 0.833. The van der Waals surface area contributed by atoms with Crippen LogP contribution in [0.1, 0.15) is 40.2 Å². The summed E-state index contributed by atoms with van der Waals surface area (Å²) in [6.45, 7) is 15.2. The van der Waals surface area contributed by atoms with Crippen LogP contribution in [0.25, 0.3) is 59.1 Å². The second-order valence-electron chi connectivity index (χ2n) is 11.9. The molecule has 0 aliphatic heterocycles. The van der Waals surface area contributed by atoms with Crippen LogP contribution >= 0.6 is 11.3 Å². The van der Waals surface area contributed by atoms with E-state index in [1.54, 1.807) is 0 Å². The fourth-order valence-electron chi connectivity index (χ4n) is 5.80. The van der Waals surface area contributed by atoms with Gasteiger partial charge >= 0.3 is 0 Å². The molecule has 0 aliphatic carbocycles. The summed E-state index contributed by atoms with van der Waals surface area (Å²) >= 11 is 1.87. The molecule has 1 aromatic heterocycles. The molecule has 212 valence electrons. The van der Waals surface area contributed by atoms with E-state index in [9.17, 15) is 0 Å². The Hall–Kier alpha value is -4.46. The molecule has 5 aromatic carbocycles. The average molecular weight is 575 g/mol. The normalized spacial score (nSPS) is 12.7. The SMILES string of the molecule is C=C(C)/C(C)=C(C)\C(=C/C(C)C)c1ccc(-c2cc(-c3ccccc3)cc(-c3ccc4sc5ccccc5c4c3)c2)cc1. The maximum atomic E-state index is 4.20. The Labute approximate surface area is 260 Å². The second kappa shape index (κ2) is 12.0. The minimum Gasteiger partial charge on any atom is -0.135 e. The number of hydrogen-bond acceptors (Lipinski definition) is 1. The van der Waals surface area contributed by atoms with Crippen molar-refractivity contribution in [3.63, 3.8) is 0 Å². The molecular weight excluding hydrogens is 537 g/mol. The molecule has 0 unspecified atom stereocenters. The van der Waals surface area contributed by atoms with Gasteiger partial charge in [0.1, 0.15) is 0 Å². The van der Waals surface area contributed by atoms with Crippen LogP contribution in [0.2, 0.25) is 0 Å². The Morgan fingerprint density at radius 3 is 1.77 bits per heavy atom. The first kappa shape index (κ1) is 28.6. The molecule has 1 heteroatoms. The predicted octanol–water partition coefficient (Wildman–Crippen LogP) is 13.0. The van der Waals surface area contributed by atoms with Gasteiger partial charge in [0, 0.05) is 20.2 Å². The lowest BCUT2D eigenvalue weighted by atomic mass is 9.89. The van der Waals surface area contributed by atoms with E-state index in [0.29, 0.717) is 5.92 Å². The quantitative estimate of drug-likeness (QED) is 0.166. The van der Waals surface area contributed by atoms with Crippen LogP contribution in [0, 0.1) is 5.92 Å². The van der Waals surface area contributed by atoms with Crippen molar-refractivity contribution in [2.75, 3.05) is 0 Å². The van der Waals surface area contributed by atoms with Gasteiger partial charge in [-0.2, -0.15) is 0 Å². The Morgan fingerprint density at radius 2 is 1.12 bits per heavy atom. The van der Waals surface area contributed by atoms with Gasteiger partial charge in [-0.25, -0.2) is 0 Å². The van der Waals surface area contributed by atoms with E-state index >= 15 is 0 Å². The molecule has 0 N–H and O–H groups in total. The number of thiophene rings is 1. The van der Waals surface area contributed by atoms with Crippen molar-refractivity contribution in [1.82, 2.24) is 0 Å². The smallest absolute Gasteiger partial charge is 0.0355 e. The van der Waals surface area contributed by atoms with Crippen molar-refractivity contribution in [3.8, 4) is 33.4 Å². The Morgan fingerprint density at radius 1 is 0.558 bits per heavy atom. The number of allylic oxidation sites excluding steroid dienone is 5. The number of hydrogen-bond donors (Lipinski definition) is 0. The van der Waals surface area contributed by atoms with Crippen molar-refractivity contribution in [3.05, 3.63) is 150 Å². The van der Waals surface area contributed by atoms with Gasteiger partial charge in [0.25, 0.3) is 0 Å². The summed E-state index contributed by atoms with van der Waals surface area (Å²) in [5, 5.41) is 2.66. The first-order valence-corrected chi connectivity index (χ1v) is 15.9. The molecular formula is C42H38S. The maximum Gasteiger partial charge on any atom is 0.0355 e. The molecule has 0 saturated heterocycles. The first-order valence-electron chi connectivity index (χ1n) is 15.1. The minimum absolute atomic E-state index is 0.449. The fourth-order valence-corrected chi connectivity index (χ4v) is 6.89. The third-order valence-corrected chi connectivity index (χ3v) is 9.54. The monoisotopic (exact) mass is 574 g/mol. The highest BCUT2D eigenvalue weighted by Crippen LogP contribution is 2.39. The zero-order valence-corrected chi connectivity index (χ0v) is 26.6. The van der Waals surface area contributed by atoms with Crippen LogP contribution in [0.4, 0.5) is 0 Å². The molecule has 0 radical (unpaired) electrons. The van der Waals surface area contributed by atoms with E-state index in [0.717, 1.165) is 5.57 Å². The van der Waals surface area contributed by atoms with E-state index < -0.39 is 0 Å². The average Bonchev–Trinajstić information content (AvgIpc) is 3.41. The molecule has 0 aliphatic rings. The van der Waals surface area contributed by atoms with Crippen molar-refractivity contribution >= 4 is 37.1 Å². The summed E-state index contributed by atoms with van der Waals surface area (Å²) in [4.78, 5) is 0. The zero-order chi connectivity index (χ0) is 30.1. The second-order valence-corrected chi connectivity index (χ2v) is 13.0. The minimum atomic E-state index is 0.449. The van der Waals surface area contributed by atoms with E-state index in [1.165, 1.54) is 75.8 Å². The van der Waals surface area contributed by atoms with Crippen LogP contribution in [0.3, 0.4) is 0 Å². The number of benzene rings is 5. The Bertz CT molecular complexity index is 2010. The van der Waals surface area contributed by atoms with E-state index in [4.69, 9.17) is 0 Å². The fraction of sp³-hybridized carbons (Fsp3) is 0.143. The molecule has 0 saturated carbocycles. The van der Waals surface area contributed by atoms with Gasteiger partial charge in [-0.05, 0) is 119 Å². The summed E-state index contributed by atoms with van der Waals surface area (Å²) in [7, 11) is 0. The Kier molecular flexibility index (Phi) is 8.02. The summed E-state index contributed by atoms with van der Waals surface area (Å²) in [5.74, 6) is 0.449. The van der Waals surface area contributed by atoms with Gasteiger partial charge in [0.15, 0.2) is 0 Å². The zero-order valence-electron chi connectivity index (χ0n) is 25.7. The number of rotatable bonds is 7. The molecule has 0 nitrogen and oxygen atoms in total. The van der Waals surface area contributed by atoms with Crippen molar-refractivity contribution in [1.29, 1.82) is 0 Å². The van der Waals surface area contributed by atoms with Crippen molar-refractivity contribution < 1.29 is 0 Å². The van der Waals surface area contributed by atoms with Gasteiger partial charge in [0.2, 0.25) is 0 Å². The summed E-state index contributed by atoms with van der Waals surface area (Å²) in [5.41, 5.74) is 13.5.